The Morgan fingerprint density at radius 2 is 2.10 bits per heavy atom. The minimum Gasteiger partial charge on any atom is -0.481 e. The predicted molar refractivity (Wildman–Crippen MR) is 75.1 cm³/mol. The van der Waals surface area contributed by atoms with Gasteiger partial charge in [0.25, 0.3) is 11.5 Å². The lowest BCUT2D eigenvalue weighted by Crippen LogP contribution is -2.36. The number of nitrogens with zero attached hydrogens (tertiary/aromatic N) is 1. The summed E-state index contributed by atoms with van der Waals surface area (Å²) in [4.78, 5) is 35.0. The molecule has 1 saturated carbocycles. The van der Waals surface area contributed by atoms with Crippen molar-refractivity contribution < 1.29 is 14.7 Å². The summed E-state index contributed by atoms with van der Waals surface area (Å²) in [5, 5.41) is 17.9. The van der Waals surface area contributed by atoms with Crippen LogP contribution in [-0.4, -0.2) is 33.7 Å². The van der Waals surface area contributed by atoms with Crippen molar-refractivity contribution >= 4 is 11.9 Å². The first-order chi connectivity index (χ1) is 9.91. The van der Waals surface area contributed by atoms with Crippen molar-refractivity contribution in [2.24, 2.45) is 11.8 Å². The van der Waals surface area contributed by atoms with E-state index in [9.17, 15) is 14.4 Å². The van der Waals surface area contributed by atoms with Crippen LogP contribution in [0.3, 0.4) is 0 Å². The third-order valence-corrected chi connectivity index (χ3v) is 4.20. The summed E-state index contributed by atoms with van der Waals surface area (Å²) in [6, 6.07) is 0. The highest BCUT2D eigenvalue weighted by Gasteiger charge is 2.33. The average molecular weight is 293 g/mol. The van der Waals surface area contributed by atoms with E-state index in [1.165, 1.54) is 0 Å². The maximum Gasteiger partial charge on any atom is 0.306 e. The van der Waals surface area contributed by atoms with Gasteiger partial charge in [0.2, 0.25) is 0 Å². The second-order valence-electron chi connectivity index (χ2n) is 5.48. The van der Waals surface area contributed by atoms with E-state index in [1.807, 2.05) is 0 Å². The lowest BCUT2D eigenvalue weighted by molar-refractivity contribution is -0.142. The summed E-state index contributed by atoms with van der Waals surface area (Å²) in [5.41, 5.74) is 0.644. The largest absolute Gasteiger partial charge is 0.481 e. The summed E-state index contributed by atoms with van der Waals surface area (Å²) < 4.78 is 0. The van der Waals surface area contributed by atoms with Crippen LogP contribution in [0.25, 0.3) is 0 Å². The third-order valence-electron chi connectivity index (χ3n) is 4.20. The van der Waals surface area contributed by atoms with Crippen LogP contribution in [0.5, 0.6) is 0 Å². The van der Waals surface area contributed by atoms with Crippen molar-refractivity contribution in [1.82, 2.24) is 15.5 Å². The number of hydrogen-bond donors (Lipinski definition) is 3. The minimum absolute atomic E-state index is 0.0485. The zero-order chi connectivity index (χ0) is 15.6. The standard InChI is InChI=1S/C14H19N3O4/c1-7-8(2)16-17-13(19)11(7)12(18)15-6-9-4-3-5-10(9)14(20)21/h9-10H,3-6H2,1-2H3,(H,15,18)(H,17,19)(H,20,21). The molecular weight excluding hydrogens is 274 g/mol. The Morgan fingerprint density at radius 3 is 2.76 bits per heavy atom. The molecule has 2 rings (SSSR count). The molecule has 21 heavy (non-hydrogen) atoms. The van der Waals surface area contributed by atoms with E-state index in [1.54, 1.807) is 13.8 Å². The monoisotopic (exact) mass is 293 g/mol. The maximum absolute atomic E-state index is 12.2. The van der Waals surface area contributed by atoms with Crippen molar-refractivity contribution in [3.63, 3.8) is 0 Å². The number of amides is 1. The average Bonchev–Trinajstić information content (AvgIpc) is 2.89. The molecule has 2 atom stereocenters. The quantitative estimate of drug-likeness (QED) is 0.753. The van der Waals surface area contributed by atoms with Crippen molar-refractivity contribution in [2.45, 2.75) is 33.1 Å². The molecule has 0 bridgehead atoms. The van der Waals surface area contributed by atoms with Crippen LogP contribution < -0.4 is 10.9 Å². The van der Waals surface area contributed by atoms with Gasteiger partial charge in [-0.15, -0.1) is 0 Å². The van der Waals surface area contributed by atoms with Gasteiger partial charge in [-0.25, -0.2) is 5.10 Å². The lowest BCUT2D eigenvalue weighted by Gasteiger charge is -2.16. The van der Waals surface area contributed by atoms with E-state index in [2.05, 4.69) is 15.5 Å². The number of aromatic nitrogens is 2. The summed E-state index contributed by atoms with van der Waals surface area (Å²) >= 11 is 0. The van der Waals surface area contributed by atoms with Gasteiger partial charge in [0, 0.05) is 6.54 Å². The number of carbonyl (C=O) groups excluding carboxylic acids is 1. The summed E-state index contributed by atoms with van der Waals surface area (Å²) in [5.74, 6) is -1.78. The van der Waals surface area contributed by atoms with Crippen LogP contribution in [0.1, 0.15) is 40.9 Å². The van der Waals surface area contributed by atoms with Gasteiger partial charge in [0.1, 0.15) is 5.56 Å². The van der Waals surface area contributed by atoms with Gasteiger partial charge in [-0.2, -0.15) is 5.10 Å². The van der Waals surface area contributed by atoms with Crippen molar-refractivity contribution in [1.29, 1.82) is 0 Å². The number of aliphatic carboxylic acids is 1. The second kappa shape index (κ2) is 6.07. The molecule has 114 valence electrons. The molecule has 3 N–H and O–H groups in total. The molecule has 0 aliphatic heterocycles. The highest BCUT2D eigenvalue weighted by molar-refractivity contribution is 5.95. The lowest BCUT2D eigenvalue weighted by atomic mass is 9.96. The Balaban J connectivity index is 2.08. The van der Waals surface area contributed by atoms with E-state index in [4.69, 9.17) is 5.11 Å². The van der Waals surface area contributed by atoms with Crippen molar-refractivity contribution in [2.75, 3.05) is 6.54 Å². The molecule has 1 aromatic rings. The topological polar surface area (TPSA) is 112 Å². The zero-order valence-electron chi connectivity index (χ0n) is 12.1. The molecule has 1 aromatic heterocycles. The predicted octanol–water partition coefficient (Wildman–Crippen LogP) is 0.617. The van der Waals surface area contributed by atoms with Gasteiger partial charge >= 0.3 is 5.97 Å². The van der Waals surface area contributed by atoms with E-state index in [-0.39, 0.29) is 18.0 Å². The Bertz CT molecular complexity index is 623. The fraction of sp³-hybridized carbons (Fsp3) is 0.571. The number of hydrogen-bond acceptors (Lipinski definition) is 4. The minimum atomic E-state index is -0.819. The Morgan fingerprint density at radius 1 is 1.38 bits per heavy atom. The molecule has 0 spiro atoms. The van der Waals surface area contributed by atoms with Crippen LogP contribution in [0, 0.1) is 25.7 Å². The highest BCUT2D eigenvalue weighted by atomic mass is 16.4. The smallest absolute Gasteiger partial charge is 0.306 e. The van der Waals surface area contributed by atoms with Crippen LogP contribution in [0.2, 0.25) is 0 Å². The van der Waals surface area contributed by atoms with E-state index in [0.717, 1.165) is 12.8 Å². The Hall–Kier alpha value is -2.18. The number of H-pyrrole nitrogens is 1. The Kier molecular flexibility index (Phi) is 4.40. The third kappa shape index (κ3) is 3.12. The van der Waals surface area contributed by atoms with Gasteiger partial charge in [0.15, 0.2) is 0 Å². The van der Waals surface area contributed by atoms with E-state index >= 15 is 0 Å². The fourth-order valence-electron chi connectivity index (χ4n) is 2.82. The van der Waals surface area contributed by atoms with Gasteiger partial charge in [0.05, 0.1) is 11.6 Å². The first kappa shape index (κ1) is 15.2. The first-order valence-corrected chi connectivity index (χ1v) is 6.98. The van der Waals surface area contributed by atoms with Crippen molar-refractivity contribution in [3.05, 3.63) is 27.2 Å². The fourth-order valence-corrected chi connectivity index (χ4v) is 2.82. The van der Waals surface area contributed by atoms with Crippen molar-refractivity contribution in [3.8, 4) is 0 Å². The van der Waals surface area contributed by atoms with Gasteiger partial charge < -0.3 is 10.4 Å². The molecule has 7 heteroatoms. The molecule has 1 aliphatic carbocycles. The molecule has 7 nitrogen and oxygen atoms in total. The highest BCUT2D eigenvalue weighted by Crippen LogP contribution is 2.31. The van der Waals surface area contributed by atoms with Crippen LogP contribution in [-0.2, 0) is 4.79 Å². The summed E-state index contributed by atoms with van der Waals surface area (Å²) in [7, 11) is 0. The number of carboxylic acids is 1. The maximum atomic E-state index is 12.2. The normalized spacial score (nSPS) is 21.2. The van der Waals surface area contributed by atoms with Gasteiger partial charge in [-0.3, -0.25) is 14.4 Å². The molecule has 0 saturated heterocycles. The van der Waals surface area contributed by atoms with E-state index in [0.29, 0.717) is 17.7 Å². The molecule has 1 fully saturated rings. The van der Waals surface area contributed by atoms with Crippen LogP contribution in [0.4, 0.5) is 0 Å². The van der Waals surface area contributed by atoms with Gasteiger partial charge in [-0.05, 0) is 38.2 Å². The molecule has 1 amide bonds. The second-order valence-corrected chi connectivity index (χ2v) is 5.48. The molecule has 2 unspecified atom stereocenters. The molecule has 0 radical (unpaired) electrons. The number of nitrogens with one attached hydrogen (secondary N) is 2. The molecule has 0 aromatic carbocycles. The first-order valence-electron chi connectivity index (χ1n) is 6.98. The van der Waals surface area contributed by atoms with Crippen LogP contribution >= 0.6 is 0 Å². The molecule has 1 aliphatic rings. The molecule has 1 heterocycles. The SMILES string of the molecule is Cc1n[nH]c(=O)c(C(=O)NCC2CCCC2C(=O)O)c1C. The number of carbonyl (C=O) groups is 2. The van der Waals surface area contributed by atoms with Crippen LogP contribution in [0.15, 0.2) is 4.79 Å². The molecular formula is C14H19N3O4. The number of rotatable bonds is 4. The van der Waals surface area contributed by atoms with E-state index < -0.39 is 23.4 Å². The number of aryl methyl sites for hydroxylation is 1. The zero-order valence-corrected chi connectivity index (χ0v) is 12.1. The number of aromatic amines is 1. The summed E-state index contributed by atoms with van der Waals surface area (Å²) in [6.07, 6.45) is 2.28. The van der Waals surface area contributed by atoms with Gasteiger partial charge in [-0.1, -0.05) is 6.42 Å². The Labute approximate surface area is 121 Å². The number of carboxylic acid groups (broad SMARTS) is 1. The summed E-state index contributed by atoms with van der Waals surface area (Å²) in [6.45, 7) is 3.65.